The lowest BCUT2D eigenvalue weighted by Crippen LogP contribution is -2.07. The summed E-state index contributed by atoms with van der Waals surface area (Å²) in [7, 11) is 0. The first-order valence-corrected chi connectivity index (χ1v) is 6.00. The molecule has 0 saturated heterocycles. The first-order valence-electron chi connectivity index (χ1n) is 6.00. The number of benzene rings is 1. The number of nitrogens with two attached hydrogens (primary N) is 1. The van der Waals surface area contributed by atoms with Crippen LogP contribution in [0, 0.1) is 5.82 Å². The van der Waals surface area contributed by atoms with Crippen LogP contribution >= 0.6 is 0 Å². The molecule has 0 aliphatic rings. The van der Waals surface area contributed by atoms with Crippen LogP contribution < -0.4 is 11.1 Å². The van der Waals surface area contributed by atoms with Gasteiger partial charge in [-0.2, -0.15) is 0 Å². The Bertz CT molecular complexity index is 342. The highest BCUT2D eigenvalue weighted by Crippen LogP contribution is 2.16. The van der Waals surface area contributed by atoms with Crippen LogP contribution in [-0.2, 0) is 4.74 Å². The van der Waals surface area contributed by atoms with Crippen LogP contribution in [0.5, 0.6) is 0 Å². The molecule has 1 rings (SSSR count). The molecular weight excluding hydrogens is 219 g/mol. The van der Waals surface area contributed by atoms with Gasteiger partial charge < -0.3 is 15.8 Å². The van der Waals surface area contributed by atoms with Gasteiger partial charge in [0.2, 0.25) is 0 Å². The number of unbranched alkanes of at least 4 members (excludes halogenated alkanes) is 1. The predicted molar refractivity (Wildman–Crippen MR) is 69.6 cm³/mol. The molecule has 1 aromatic carbocycles. The fourth-order valence-corrected chi connectivity index (χ4v) is 1.44. The van der Waals surface area contributed by atoms with Crippen molar-refractivity contribution in [1.82, 2.24) is 0 Å². The molecule has 0 radical (unpaired) electrons. The summed E-state index contributed by atoms with van der Waals surface area (Å²) < 4.78 is 18.8. The molecule has 0 aliphatic heterocycles. The Hall–Kier alpha value is -1.29. The third kappa shape index (κ3) is 5.54. The molecule has 0 amide bonds. The van der Waals surface area contributed by atoms with E-state index < -0.39 is 0 Å². The quantitative estimate of drug-likeness (QED) is 0.569. The van der Waals surface area contributed by atoms with E-state index in [4.69, 9.17) is 10.5 Å². The highest BCUT2D eigenvalue weighted by atomic mass is 19.1. The molecule has 0 bridgehead atoms. The maximum atomic E-state index is 13.4. The van der Waals surface area contributed by atoms with Crippen molar-refractivity contribution >= 4 is 11.4 Å². The average molecular weight is 240 g/mol. The second kappa shape index (κ2) is 7.12. The van der Waals surface area contributed by atoms with Gasteiger partial charge in [-0.1, -0.05) is 0 Å². The highest BCUT2D eigenvalue weighted by molar-refractivity contribution is 5.52. The Morgan fingerprint density at radius 2 is 2.12 bits per heavy atom. The van der Waals surface area contributed by atoms with Gasteiger partial charge in [0.1, 0.15) is 5.82 Å². The van der Waals surface area contributed by atoms with Crippen LogP contribution in [0.15, 0.2) is 18.2 Å². The third-order valence-corrected chi connectivity index (χ3v) is 2.33. The summed E-state index contributed by atoms with van der Waals surface area (Å²) in [6.07, 6.45) is 2.20. The second-order valence-electron chi connectivity index (χ2n) is 4.29. The molecule has 0 fully saturated rings. The molecule has 96 valence electrons. The number of hydrogen-bond donors (Lipinski definition) is 2. The molecule has 0 atom stereocenters. The maximum Gasteiger partial charge on any atom is 0.148 e. The van der Waals surface area contributed by atoms with E-state index in [0.29, 0.717) is 11.4 Å². The number of hydrogen-bond acceptors (Lipinski definition) is 3. The fourth-order valence-electron chi connectivity index (χ4n) is 1.44. The van der Waals surface area contributed by atoms with E-state index >= 15 is 0 Å². The van der Waals surface area contributed by atoms with Crippen LogP contribution in [0.1, 0.15) is 26.7 Å². The topological polar surface area (TPSA) is 47.3 Å². The molecular formula is C13H21FN2O. The van der Waals surface area contributed by atoms with E-state index in [9.17, 15) is 4.39 Å². The van der Waals surface area contributed by atoms with Gasteiger partial charge in [-0.15, -0.1) is 0 Å². The van der Waals surface area contributed by atoms with E-state index in [0.717, 1.165) is 26.0 Å². The van der Waals surface area contributed by atoms with Gasteiger partial charge in [0.05, 0.1) is 11.8 Å². The normalized spacial score (nSPS) is 10.8. The molecule has 1 aromatic rings. The van der Waals surface area contributed by atoms with Crippen LogP contribution in [0.25, 0.3) is 0 Å². The molecule has 0 spiro atoms. The molecule has 3 nitrogen and oxygen atoms in total. The maximum absolute atomic E-state index is 13.4. The lowest BCUT2D eigenvalue weighted by atomic mass is 10.2. The number of rotatable bonds is 7. The predicted octanol–water partition coefficient (Wildman–Crippen LogP) is 3.03. The van der Waals surface area contributed by atoms with Crippen molar-refractivity contribution in [2.24, 2.45) is 0 Å². The lowest BCUT2D eigenvalue weighted by molar-refractivity contribution is 0.0765. The Morgan fingerprint density at radius 3 is 2.76 bits per heavy atom. The van der Waals surface area contributed by atoms with E-state index in [2.05, 4.69) is 5.32 Å². The Kier molecular flexibility index (Phi) is 5.77. The summed E-state index contributed by atoms with van der Waals surface area (Å²) in [5.74, 6) is -0.302. The minimum absolute atomic E-state index is 0.275. The largest absolute Gasteiger partial charge is 0.399 e. The molecule has 0 unspecified atom stereocenters. The van der Waals surface area contributed by atoms with Crippen LogP contribution in [0.3, 0.4) is 0 Å². The van der Waals surface area contributed by atoms with Crippen molar-refractivity contribution in [3.63, 3.8) is 0 Å². The number of halogens is 1. The molecule has 0 aromatic heterocycles. The zero-order valence-corrected chi connectivity index (χ0v) is 10.5. The van der Waals surface area contributed by atoms with Gasteiger partial charge in [-0.05, 0) is 44.9 Å². The fraction of sp³-hybridized carbons (Fsp3) is 0.538. The first-order chi connectivity index (χ1) is 8.09. The molecule has 0 aliphatic carbocycles. The number of anilines is 2. The minimum Gasteiger partial charge on any atom is -0.399 e. The molecule has 3 N–H and O–H groups in total. The zero-order chi connectivity index (χ0) is 12.7. The lowest BCUT2D eigenvalue weighted by Gasteiger charge is -2.09. The highest BCUT2D eigenvalue weighted by Gasteiger charge is 2.01. The Balaban J connectivity index is 2.18. The Labute approximate surface area is 102 Å². The van der Waals surface area contributed by atoms with E-state index in [1.807, 2.05) is 13.8 Å². The summed E-state index contributed by atoms with van der Waals surface area (Å²) in [6.45, 7) is 5.52. The summed E-state index contributed by atoms with van der Waals surface area (Å²) in [6, 6.07) is 4.67. The number of nitrogens with one attached hydrogen (secondary N) is 1. The molecule has 0 saturated carbocycles. The van der Waals surface area contributed by atoms with Gasteiger partial charge >= 0.3 is 0 Å². The molecule has 17 heavy (non-hydrogen) atoms. The zero-order valence-electron chi connectivity index (χ0n) is 10.5. The van der Waals surface area contributed by atoms with Crippen molar-refractivity contribution < 1.29 is 9.13 Å². The van der Waals surface area contributed by atoms with Gasteiger partial charge in [-0.3, -0.25) is 0 Å². The third-order valence-electron chi connectivity index (χ3n) is 2.33. The monoisotopic (exact) mass is 240 g/mol. The van der Waals surface area contributed by atoms with E-state index in [1.165, 1.54) is 6.07 Å². The van der Waals surface area contributed by atoms with Crippen LogP contribution in [0.4, 0.5) is 15.8 Å². The summed E-state index contributed by atoms with van der Waals surface area (Å²) in [5.41, 5.74) is 6.41. The minimum atomic E-state index is -0.302. The molecule has 4 heteroatoms. The van der Waals surface area contributed by atoms with Crippen molar-refractivity contribution in [3.05, 3.63) is 24.0 Å². The summed E-state index contributed by atoms with van der Waals surface area (Å²) >= 11 is 0. The first kappa shape index (κ1) is 13.8. The summed E-state index contributed by atoms with van der Waals surface area (Å²) in [4.78, 5) is 0. The Morgan fingerprint density at radius 1 is 1.35 bits per heavy atom. The number of ether oxygens (including phenoxy) is 1. The second-order valence-corrected chi connectivity index (χ2v) is 4.29. The van der Waals surface area contributed by atoms with Crippen molar-refractivity contribution in [3.8, 4) is 0 Å². The van der Waals surface area contributed by atoms with Crippen LogP contribution in [0.2, 0.25) is 0 Å². The van der Waals surface area contributed by atoms with Crippen molar-refractivity contribution in [1.29, 1.82) is 0 Å². The van der Waals surface area contributed by atoms with E-state index in [1.54, 1.807) is 12.1 Å². The standard InChI is InChI=1S/C13H21FN2O/c1-10(2)17-8-4-3-7-16-13-6-5-11(15)9-12(13)14/h5-6,9-10,16H,3-4,7-8,15H2,1-2H3. The summed E-state index contributed by atoms with van der Waals surface area (Å²) in [5, 5.41) is 3.04. The molecule has 0 heterocycles. The van der Waals surface area contributed by atoms with Gasteiger partial charge in [0.25, 0.3) is 0 Å². The van der Waals surface area contributed by atoms with Gasteiger partial charge in [-0.25, -0.2) is 4.39 Å². The van der Waals surface area contributed by atoms with Gasteiger partial charge in [0.15, 0.2) is 0 Å². The smallest absolute Gasteiger partial charge is 0.148 e. The van der Waals surface area contributed by atoms with Crippen LogP contribution in [-0.4, -0.2) is 19.3 Å². The number of nitrogen functional groups attached to an aromatic ring is 1. The SMILES string of the molecule is CC(C)OCCCCNc1ccc(N)cc1F. The van der Waals surface area contributed by atoms with Crippen molar-refractivity contribution in [2.75, 3.05) is 24.2 Å². The van der Waals surface area contributed by atoms with E-state index in [-0.39, 0.29) is 11.9 Å². The van der Waals surface area contributed by atoms with Gasteiger partial charge in [0, 0.05) is 18.8 Å². The van der Waals surface area contributed by atoms with Crippen molar-refractivity contribution in [2.45, 2.75) is 32.8 Å². The average Bonchev–Trinajstić information content (AvgIpc) is 2.25.